The summed E-state index contributed by atoms with van der Waals surface area (Å²) in [6.45, 7) is 0.398. The van der Waals surface area contributed by atoms with Crippen molar-refractivity contribution in [3.8, 4) is 0 Å². The highest BCUT2D eigenvalue weighted by Crippen LogP contribution is 2.26. The normalized spacial score (nSPS) is 18.5. The smallest absolute Gasteiger partial charge is 0.340 e. The van der Waals surface area contributed by atoms with Gasteiger partial charge < -0.3 is 21.5 Å². The first-order valence-electron chi connectivity index (χ1n) is 5.33. The molecule has 0 bridgehead atoms. The Balaban J connectivity index is 2.30. The molecule has 1 unspecified atom stereocenters. The van der Waals surface area contributed by atoms with Crippen LogP contribution in [0.3, 0.4) is 0 Å². The second-order valence-corrected chi connectivity index (χ2v) is 4.04. The SMILES string of the molecule is Nc1c(F)ccc(NC2CNC(=O)C2)c1C(=O)O. The number of rotatable bonds is 3. The van der Waals surface area contributed by atoms with Crippen molar-refractivity contribution >= 4 is 23.3 Å². The van der Waals surface area contributed by atoms with Gasteiger partial charge in [-0.2, -0.15) is 0 Å². The molecule has 1 aromatic carbocycles. The van der Waals surface area contributed by atoms with Crippen molar-refractivity contribution in [3.05, 3.63) is 23.5 Å². The number of nitrogen functional groups attached to an aromatic ring is 1. The van der Waals surface area contributed by atoms with Crippen LogP contribution in [0.25, 0.3) is 0 Å². The molecule has 1 aliphatic heterocycles. The molecule has 5 N–H and O–H groups in total. The maximum Gasteiger partial charge on any atom is 0.340 e. The number of nitrogens with two attached hydrogens (primary N) is 1. The Labute approximate surface area is 102 Å². The number of halogens is 1. The summed E-state index contributed by atoms with van der Waals surface area (Å²) in [5.41, 5.74) is 4.90. The zero-order chi connectivity index (χ0) is 13.3. The number of carbonyl (C=O) groups is 2. The standard InChI is InChI=1S/C11H12FN3O3/c12-6-1-2-7(9(10(6)13)11(17)18)15-5-3-8(16)14-4-5/h1-2,5,15H,3-4,13H2,(H,14,16)(H,17,18). The number of hydrogen-bond acceptors (Lipinski definition) is 4. The quantitative estimate of drug-likeness (QED) is 0.584. The van der Waals surface area contributed by atoms with Crippen molar-refractivity contribution in [1.82, 2.24) is 5.32 Å². The van der Waals surface area contributed by atoms with Crippen LogP contribution in [-0.4, -0.2) is 29.6 Å². The molecule has 0 radical (unpaired) electrons. The number of carboxylic acid groups (broad SMARTS) is 1. The first kappa shape index (κ1) is 12.2. The molecule has 1 amide bonds. The largest absolute Gasteiger partial charge is 0.478 e. The fourth-order valence-corrected chi connectivity index (χ4v) is 1.87. The lowest BCUT2D eigenvalue weighted by Crippen LogP contribution is -2.24. The molecular formula is C11H12FN3O3. The highest BCUT2D eigenvalue weighted by atomic mass is 19.1. The summed E-state index contributed by atoms with van der Waals surface area (Å²) in [5, 5.41) is 14.5. The number of carboxylic acids is 1. The Morgan fingerprint density at radius 3 is 2.83 bits per heavy atom. The van der Waals surface area contributed by atoms with Gasteiger partial charge in [0, 0.05) is 13.0 Å². The third-order valence-electron chi connectivity index (χ3n) is 2.74. The molecule has 1 aromatic rings. The summed E-state index contributed by atoms with van der Waals surface area (Å²) >= 11 is 0. The molecule has 0 saturated carbocycles. The molecule has 1 atom stereocenters. The summed E-state index contributed by atoms with van der Waals surface area (Å²) < 4.78 is 13.2. The molecule has 1 heterocycles. The number of aromatic carboxylic acids is 1. The molecule has 7 heteroatoms. The van der Waals surface area contributed by atoms with Crippen molar-refractivity contribution in [2.24, 2.45) is 0 Å². The van der Waals surface area contributed by atoms with Gasteiger partial charge in [0.25, 0.3) is 0 Å². The molecule has 18 heavy (non-hydrogen) atoms. The lowest BCUT2D eigenvalue weighted by atomic mass is 10.1. The molecular weight excluding hydrogens is 241 g/mol. The van der Waals surface area contributed by atoms with Crippen LogP contribution in [0.5, 0.6) is 0 Å². The average Bonchev–Trinajstić information content (AvgIpc) is 2.69. The number of benzene rings is 1. The molecule has 0 aliphatic carbocycles. The van der Waals surface area contributed by atoms with E-state index in [-0.39, 0.29) is 29.6 Å². The second-order valence-electron chi connectivity index (χ2n) is 4.04. The first-order chi connectivity index (χ1) is 8.49. The Morgan fingerprint density at radius 2 is 2.28 bits per heavy atom. The third-order valence-corrected chi connectivity index (χ3v) is 2.74. The summed E-state index contributed by atoms with van der Waals surface area (Å²) in [7, 11) is 0. The van der Waals surface area contributed by atoms with Gasteiger partial charge >= 0.3 is 5.97 Å². The summed E-state index contributed by atoms with van der Waals surface area (Å²) in [6, 6.07) is 2.17. The van der Waals surface area contributed by atoms with E-state index in [1.807, 2.05) is 0 Å². The van der Waals surface area contributed by atoms with Gasteiger partial charge in [-0.15, -0.1) is 0 Å². The maximum atomic E-state index is 13.2. The van der Waals surface area contributed by atoms with E-state index in [0.29, 0.717) is 6.54 Å². The molecule has 2 rings (SSSR count). The van der Waals surface area contributed by atoms with Gasteiger partial charge in [0.1, 0.15) is 11.4 Å². The van der Waals surface area contributed by atoms with Crippen LogP contribution in [0.4, 0.5) is 15.8 Å². The van der Waals surface area contributed by atoms with Crippen LogP contribution in [0, 0.1) is 5.82 Å². The van der Waals surface area contributed by atoms with E-state index in [9.17, 15) is 14.0 Å². The minimum atomic E-state index is -1.31. The van der Waals surface area contributed by atoms with Crippen molar-refractivity contribution in [3.63, 3.8) is 0 Å². The van der Waals surface area contributed by atoms with E-state index in [2.05, 4.69) is 10.6 Å². The molecule has 0 aromatic heterocycles. The number of nitrogens with one attached hydrogen (secondary N) is 2. The van der Waals surface area contributed by atoms with Crippen molar-refractivity contribution in [2.75, 3.05) is 17.6 Å². The van der Waals surface area contributed by atoms with Crippen LogP contribution in [0.15, 0.2) is 12.1 Å². The Kier molecular flexibility index (Phi) is 3.05. The number of anilines is 2. The van der Waals surface area contributed by atoms with Crippen molar-refractivity contribution < 1.29 is 19.1 Å². The lowest BCUT2D eigenvalue weighted by molar-refractivity contribution is -0.119. The van der Waals surface area contributed by atoms with E-state index in [0.717, 1.165) is 6.07 Å². The second kappa shape index (κ2) is 4.52. The number of amides is 1. The van der Waals surface area contributed by atoms with Crippen LogP contribution in [-0.2, 0) is 4.79 Å². The van der Waals surface area contributed by atoms with E-state index in [1.165, 1.54) is 6.07 Å². The topological polar surface area (TPSA) is 104 Å². The fraction of sp³-hybridized carbons (Fsp3) is 0.273. The molecule has 1 aliphatic rings. The zero-order valence-electron chi connectivity index (χ0n) is 9.37. The minimum absolute atomic E-state index is 0.112. The fourth-order valence-electron chi connectivity index (χ4n) is 1.87. The van der Waals surface area contributed by atoms with Crippen LogP contribution in [0.2, 0.25) is 0 Å². The summed E-state index contributed by atoms with van der Waals surface area (Å²) in [5.74, 6) is -2.20. The number of carbonyl (C=O) groups excluding carboxylic acids is 1. The molecule has 1 saturated heterocycles. The molecule has 96 valence electrons. The maximum absolute atomic E-state index is 13.2. The Bertz CT molecular complexity index is 519. The Hall–Kier alpha value is -2.31. The highest BCUT2D eigenvalue weighted by Gasteiger charge is 2.24. The van der Waals surface area contributed by atoms with Gasteiger partial charge in [-0.25, -0.2) is 9.18 Å². The number of hydrogen-bond donors (Lipinski definition) is 4. The summed E-state index contributed by atoms with van der Waals surface area (Å²) in [6.07, 6.45) is 0.246. The first-order valence-corrected chi connectivity index (χ1v) is 5.33. The van der Waals surface area contributed by atoms with Crippen molar-refractivity contribution in [2.45, 2.75) is 12.5 Å². The van der Waals surface area contributed by atoms with Crippen LogP contribution < -0.4 is 16.4 Å². The van der Waals surface area contributed by atoms with Gasteiger partial charge in [0.2, 0.25) is 5.91 Å². The third kappa shape index (κ3) is 2.20. The van der Waals surface area contributed by atoms with Crippen LogP contribution >= 0.6 is 0 Å². The van der Waals surface area contributed by atoms with E-state index in [4.69, 9.17) is 10.8 Å². The van der Waals surface area contributed by atoms with E-state index >= 15 is 0 Å². The predicted molar refractivity (Wildman–Crippen MR) is 62.8 cm³/mol. The van der Waals surface area contributed by atoms with Crippen LogP contribution in [0.1, 0.15) is 16.8 Å². The van der Waals surface area contributed by atoms with Crippen molar-refractivity contribution in [1.29, 1.82) is 0 Å². The molecule has 0 spiro atoms. The van der Waals surface area contributed by atoms with Gasteiger partial charge in [0.15, 0.2) is 0 Å². The monoisotopic (exact) mass is 253 g/mol. The minimum Gasteiger partial charge on any atom is -0.478 e. The van der Waals surface area contributed by atoms with E-state index in [1.54, 1.807) is 0 Å². The van der Waals surface area contributed by atoms with Gasteiger partial charge in [0.05, 0.1) is 17.4 Å². The zero-order valence-corrected chi connectivity index (χ0v) is 9.37. The average molecular weight is 253 g/mol. The van der Waals surface area contributed by atoms with E-state index < -0.39 is 17.5 Å². The summed E-state index contributed by atoms with van der Waals surface area (Å²) in [4.78, 5) is 22.1. The molecule has 1 fully saturated rings. The predicted octanol–water partition coefficient (Wildman–Crippen LogP) is 0.407. The highest BCUT2D eigenvalue weighted by molar-refractivity contribution is 6.00. The lowest BCUT2D eigenvalue weighted by Gasteiger charge is -2.15. The van der Waals surface area contributed by atoms with Gasteiger partial charge in [-0.05, 0) is 12.1 Å². The molecule has 6 nitrogen and oxygen atoms in total. The Morgan fingerprint density at radius 1 is 1.56 bits per heavy atom. The van der Waals surface area contributed by atoms with Gasteiger partial charge in [-0.1, -0.05) is 0 Å². The van der Waals surface area contributed by atoms with Gasteiger partial charge in [-0.3, -0.25) is 4.79 Å².